The van der Waals surface area contributed by atoms with Crippen molar-refractivity contribution in [3.63, 3.8) is 0 Å². The zero-order chi connectivity index (χ0) is 41.9. The SMILES string of the molecule is C.CC(C)(CN1CCC(=C2c3ccc(Cl)cc3COc3ccccc32)CC1)C(=O)O.COC(=O)C(C)(C)CN1CCC(=C2c3ccc(Cl)cc3COc3ccccc32)CC1.Cl. The monoisotopic (exact) mass is 888 g/mol. The molecule has 1 N–H and O–H groups in total. The lowest BCUT2D eigenvalue weighted by Gasteiger charge is -2.35. The van der Waals surface area contributed by atoms with E-state index in [-0.39, 0.29) is 25.8 Å². The first-order chi connectivity index (χ1) is 28.2. The molecule has 326 valence electrons. The summed E-state index contributed by atoms with van der Waals surface area (Å²) in [5.74, 6) is 0.910. The van der Waals surface area contributed by atoms with Crippen LogP contribution in [0.2, 0.25) is 10.0 Å². The molecule has 8 nitrogen and oxygen atoms in total. The minimum absolute atomic E-state index is 0. The van der Waals surface area contributed by atoms with Gasteiger partial charge in [0.2, 0.25) is 0 Å². The standard InChI is InChI=1S/C25H28ClNO3.C24H26ClNO3.CH4.ClH/c1-25(2,24(28)29-3)16-27-12-10-17(11-13-27)23-20-9-8-19(26)14-18(20)15-30-22-7-5-4-6-21(22)23;1-24(2,23(27)28)15-26-11-9-16(10-12-26)22-19-8-7-18(25)13-17(19)14-29-21-6-4-3-5-20(21)22;;/h4-9,14H,10-13,15-16H2,1-3H3;3-8,13H,9-12,14-15H2,1-2H3,(H,27,28);1H4;1H. The van der Waals surface area contributed by atoms with Crippen LogP contribution in [-0.2, 0) is 27.5 Å². The predicted octanol–water partition coefficient (Wildman–Crippen LogP) is 11.6. The largest absolute Gasteiger partial charge is 0.488 e. The topological polar surface area (TPSA) is 88.5 Å². The fourth-order valence-corrected chi connectivity index (χ4v) is 9.19. The van der Waals surface area contributed by atoms with Gasteiger partial charge in [0.25, 0.3) is 0 Å². The number of rotatable bonds is 6. The van der Waals surface area contributed by atoms with Crippen LogP contribution in [0.1, 0.15) is 94.2 Å². The maximum atomic E-state index is 12.1. The van der Waals surface area contributed by atoms with Gasteiger partial charge in [-0.2, -0.15) is 0 Å². The average molecular weight is 890 g/mol. The molecule has 4 heterocycles. The summed E-state index contributed by atoms with van der Waals surface area (Å²) in [6, 6.07) is 28.6. The van der Waals surface area contributed by atoms with Crippen LogP contribution in [0.5, 0.6) is 11.5 Å². The molecule has 0 radical (unpaired) electrons. The highest BCUT2D eigenvalue weighted by Gasteiger charge is 2.34. The van der Waals surface area contributed by atoms with E-state index in [1.807, 2.05) is 68.4 Å². The number of piperidine rings is 2. The number of carbonyl (C=O) groups is 2. The number of nitrogens with zero attached hydrogens (tertiary/aromatic N) is 2. The summed E-state index contributed by atoms with van der Waals surface area (Å²) in [5.41, 5.74) is 11.0. The lowest BCUT2D eigenvalue weighted by Crippen LogP contribution is -2.42. The first-order valence-electron chi connectivity index (χ1n) is 20.5. The van der Waals surface area contributed by atoms with E-state index in [9.17, 15) is 14.7 Å². The Labute approximate surface area is 377 Å². The van der Waals surface area contributed by atoms with Gasteiger partial charge in [0.1, 0.15) is 24.7 Å². The van der Waals surface area contributed by atoms with Crippen LogP contribution in [0.15, 0.2) is 96.1 Å². The Kier molecular flexibility index (Phi) is 15.8. The first kappa shape index (κ1) is 47.7. The van der Waals surface area contributed by atoms with Gasteiger partial charge in [0, 0.05) is 60.4 Å². The van der Waals surface area contributed by atoms with Crippen molar-refractivity contribution in [1.29, 1.82) is 0 Å². The Balaban J connectivity index is 0.000000224. The van der Waals surface area contributed by atoms with Crippen molar-refractivity contribution in [1.82, 2.24) is 9.80 Å². The molecule has 4 aromatic rings. The Morgan fingerprint density at radius 1 is 0.639 bits per heavy atom. The second kappa shape index (κ2) is 20.3. The van der Waals surface area contributed by atoms with Crippen molar-refractivity contribution in [2.75, 3.05) is 46.4 Å². The van der Waals surface area contributed by atoms with Gasteiger partial charge in [-0.15, -0.1) is 12.4 Å². The number of likely N-dealkylation sites (tertiary alicyclic amines) is 2. The normalized spacial score (nSPS) is 16.5. The maximum absolute atomic E-state index is 12.1. The number of esters is 1. The number of methoxy groups -OCH3 is 1. The highest BCUT2D eigenvalue weighted by atomic mass is 35.5. The fraction of sp³-hybridized carbons (Fsp3) is 0.400. The number of para-hydroxylation sites is 2. The van der Waals surface area contributed by atoms with Crippen molar-refractivity contribution in [2.24, 2.45) is 10.8 Å². The number of halogens is 3. The van der Waals surface area contributed by atoms with E-state index >= 15 is 0 Å². The highest BCUT2D eigenvalue weighted by molar-refractivity contribution is 6.31. The third kappa shape index (κ3) is 10.8. The third-order valence-corrected chi connectivity index (χ3v) is 12.4. The lowest BCUT2D eigenvalue weighted by atomic mass is 9.85. The van der Waals surface area contributed by atoms with Gasteiger partial charge in [0.15, 0.2) is 0 Å². The van der Waals surface area contributed by atoms with Crippen molar-refractivity contribution in [2.45, 2.75) is 74.0 Å². The van der Waals surface area contributed by atoms with E-state index in [4.69, 9.17) is 37.4 Å². The molecule has 0 saturated carbocycles. The number of hydrogen-bond donors (Lipinski definition) is 1. The van der Waals surface area contributed by atoms with E-state index in [2.05, 4.69) is 40.1 Å². The number of benzene rings is 4. The molecular weight excluding hydrogens is 831 g/mol. The number of fused-ring (bicyclic) bond motifs is 4. The molecule has 11 heteroatoms. The molecule has 0 bridgehead atoms. The van der Waals surface area contributed by atoms with E-state index in [1.54, 1.807) is 13.8 Å². The fourth-order valence-electron chi connectivity index (χ4n) is 8.80. The van der Waals surface area contributed by atoms with E-state index in [0.717, 1.165) is 90.6 Å². The first-order valence-corrected chi connectivity index (χ1v) is 21.2. The molecule has 0 atom stereocenters. The van der Waals surface area contributed by atoms with Crippen LogP contribution in [-0.4, -0.2) is 73.2 Å². The van der Waals surface area contributed by atoms with Crippen LogP contribution in [0, 0.1) is 10.8 Å². The van der Waals surface area contributed by atoms with Crippen LogP contribution in [0.25, 0.3) is 11.1 Å². The lowest BCUT2D eigenvalue weighted by molar-refractivity contribution is -0.152. The van der Waals surface area contributed by atoms with Crippen LogP contribution >= 0.6 is 35.6 Å². The Morgan fingerprint density at radius 2 is 1.03 bits per heavy atom. The third-order valence-electron chi connectivity index (χ3n) is 11.9. The molecule has 0 unspecified atom stereocenters. The number of carboxylic acid groups (broad SMARTS) is 1. The predicted molar refractivity (Wildman–Crippen MR) is 249 cm³/mol. The zero-order valence-electron chi connectivity index (χ0n) is 35.1. The van der Waals surface area contributed by atoms with Crippen molar-refractivity contribution in [3.05, 3.63) is 140 Å². The zero-order valence-corrected chi connectivity index (χ0v) is 37.4. The molecule has 0 aliphatic carbocycles. The highest BCUT2D eigenvalue weighted by Crippen LogP contribution is 2.43. The second-order valence-corrected chi connectivity index (χ2v) is 18.1. The van der Waals surface area contributed by atoms with Gasteiger partial charge in [0.05, 0.1) is 17.9 Å². The summed E-state index contributed by atoms with van der Waals surface area (Å²) in [5, 5.41) is 10.9. The van der Waals surface area contributed by atoms with Gasteiger partial charge < -0.3 is 29.1 Å². The second-order valence-electron chi connectivity index (χ2n) is 17.2. The van der Waals surface area contributed by atoms with Gasteiger partial charge in [-0.1, -0.05) is 90.3 Å². The smallest absolute Gasteiger partial charge is 0.312 e. The van der Waals surface area contributed by atoms with E-state index in [0.29, 0.717) is 31.3 Å². The van der Waals surface area contributed by atoms with Crippen molar-refractivity contribution < 1.29 is 28.9 Å². The van der Waals surface area contributed by atoms with Gasteiger partial charge in [-0.25, -0.2) is 0 Å². The minimum Gasteiger partial charge on any atom is -0.488 e. The number of carbonyl (C=O) groups excluding carboxylic acids is 1. The number of carboxylic acids is 1. The van der Waals surface area contributed by atoms with Crippen LogP contribution in [0.3, 0.4) is 0 Å². The molecule has 4 aliphatic heterocycles. The Morgan fingerprint density at radius 3 is 1.43 bits per heavy atom. The van der Waals surface area contributed by atoms with Gasteiger partial charge in [-0.05, 0) is 123 Å². The summed E-state index contributed by atoms with van der Waals surface area (Å²) in [4.78, 5) is 28.2. The summed E-state index contributed by atoms with van der Waals surface area (Å²) in [6.07, 6.45) is 3.76. The van der Waals surface area contributed by atoms with Crippen molar-refractivity contribution in [3.8, 4) is 11.5 Å². The van der Waals surface area contributed by atoms with Crippen LogP contribution < -0.4 is 9.47 Å². The van der Waals surface area contributed by atoms with Crippen molar-refractivity contribution >= 4 is 58.7 Å². The summed E-state index contributed by atoms with van der Waals surface area (Å²) >= 11 is 12.5. The number of hydrogen-bond acceptors (Lipinski definition) is 7. The molecule has 8 rings (SSSR count). The molecule has 2 fully saturated rings. The molecule has 0 amide bonds. The summed E-state index contributed by atoms with van der Waals surface area (Å²) in [7, 11) is 1.46. The number of ether oxygens (including phenoxy) is 3. The molecule has 0 spiro atoms. The molecule has 2 saturated heterocycles. The Bertz CT molecular complexity index is 2280. The molecule has 0 aromatic heterocycles. The molecule has 4 aromatic carbocycles. The van der Waals surface area contributed by atoms with E-state index < -0.39 is 16.8 Å². The van der Waals surface area contributed by atoms with Gasteiger partial charge >= 0.3 is 11.9 Å². The quantitative estimate of drug-likeness (QED) is 0.192. The molecule has 4 aliphatic rings. The number of aliphatic carboxylic acids is 1. The summed E-state index contributed by atoms with van der Waals surface area (Å²) in [6.45, 7) is 13.3. The molecule has 61 heavy (non-hydrogen) atoms. The van der Waals surface area contributed by atoms with Crippen LogP contribution in [0.4, 0.5) is 0 Å². The average Bonchev–Trinajstić information content (AvgIpc) is 3.49. The van der Waals surface area contributed by atoms with Gasteiger partial charge in [-0.3, -0.25) is 9.59 Å². The molecular formula is C50H59Cl3N2O6. The Hall–Kier alpha value is -4.31. The summed E-state index contributed by atoms with van der Waals surface area (Å²) < 4.78 is 17.2. The minimum atomic E-state index is -0.748. The maximum Gasteiger partial charge on any atom is 0.312 e. The van der Waals surface area contributed by atoms with E-state index in [1.165, 1.54) is 40.5 Å².